The van der Waals surface area contributed by atoms with E-state index in [-0.39, 0.29) is 28.3 Å². The molecule has 0 bridgehead atoms. The summed E-state index contributed by atoms with van der Waals surface area (Å²) in [6.45, 7) is 1.80. The SMILES string of the molecule is CC(CO)CNS(=O)(=O)c1cc(Cl)sc1Cl. The van der Waals surface area contributed by atoms with Crippen molar-refractivity contribution in [2.75, 3.05) is 13.2 Å². The van der Waals surface area contributed by atoms with Crippen LogP contribution in [0.5, 0.6) is 0 Å². The Labute approximate surface area is 108 Å². The van der Waals surface area contributed by atoms with E-state index in [9.17, 15) is 8.42 Å². The average Bonchev–Trinajstić information content (AvgIpc) is 2.55. The van der Waals surface area contributed by atoms with Crippen LogP contribution in [0.2, 0.25) is 8.67 Å². The Morgan fingerprint density at radius 2 is 2.19 bits per heavy atom. The molecule has 0 amide bonds. The Balaban J connectivity index is 2.82. The fourth-order valence-corrected chi connectivity index (χ4v) is 4.21. The smallest absolute Gasteiger partial charge is 0.242 e. The highest BCUT2D eigenvalue weighted by Gasteiger charge is 2.21. The molecule has 1 aromatic heterocycles. The molecule has 92 valence electrons. The van der Waals surface area contributed by atoms with Gasteiger partial charge in [0.15, 0.2) is 0 Å². The van der Waals surface area contributed by atoms with Gasteiger partial charge in [-0.05, 0) is 12.0 Å². The van der Waals surface area contributed by atoms with Crippen LogP contribution in [0.25, 0.3) is 0 Å². The highest BCUT2D eigenvalue weighted by atomic mass is 35.5. The molecule has 1 heterocycles. The Morgan fingerprint density at radius 3 is 2.62 bits per heavy atom. The fourth-order valence-electron chi connectivity index (χ4n) is 0.903. The molecule has 0 fully saturated rings. The van der Waals surface area contributed by atoms with Gasteiger partial charge in [-0.15, -0.1) is 11.3 Å². The Hall–Kier alpha value is 0.150. The lowest BCUT2D eigenvalue weighted by Crippen LogP contribution is -2.29. The summed E-state index contributed by atoms with van der Waals surface area (Å²) < 4.78 is 26.3. The molecular weight excluding hydrogens is 293 g/mol. The van der Waals surface area contributed by atoms with Gasteiger partial charge < -0.3 is 5.11 Å². The molecule has 1 atom stereocenters. The van der Waals surface area contributed by atoms with Crippen molar-refractivity contribution in [2.45, 2.75) is 11.8 Å². The van der Waals surface area contributed by atoms with Gasteiger partial charge in [-0.1, -0.05) is 30.1 Å². The van der Waals surface area contributed by atoms with E-state index in [0.717, 1.165) is 11.3 Å². The first-order valence-electron chi connectivity index (χ1n) is 4.42. The maximum Gasteiger partial charge on any atom is 0.242 e. The summed E-state index contributed by atoms with van der Waals surface area (Å²) in [5, 5.41) is 8.78. The number of rotatable bonds is 5. The third kappa shape index (κ3) is 3.58. The first-order valence-corrected chi connectivity index (χ1v) is 7.47. The molecule has 0 saturated heterocycles. The van der Waals surface area contributed by atoms with Gasteiger partial charge in [0, 0.05) is 13.2 Å². The number of sulfonamides is 1. The number of thiophene rings is 1. The molecule has 0 radical (unpaired) electrons. The highest BCUT2D eigenvalue weighted by Crippen LogP contribution is 2.33. The summed E-state index contributed by atoms with van der Waals surface area (Å²) in [6, 6.07) is 1.31. The molecule has 1 rings (SSSR count). The molecule has 0 aliphatic heterocycles. The van der Waals surface area contributed by atoms with E-state index < -0.39 is 10.0 Å². The second-order valence-electron chi connectivity index (χ2n) is 3.33. The molecule has 0 saturated carbocycles. The van der Waals surface area contributed by atoms with Crippen LogP contribution in [0.1, 0.15) is 6.92 Å². The van der Waals surface area contributed by atoms with Crippen molar-refractivity contribution in [3.8, 4) is 0 Å². The number of hydrogen-bond donors (Lipinski definition) is 2. The van der Waals surface area contributed by atoms with Gasteiger partial charge in [0.1, 0.15) is 9.23 Å². The molecule has 1 unspecified atom stereocenters. The maximum absolute atomic E-state index is 11.8. The quantitative estimate of drug-likeness (QED) is 0.874. The van der Waals surface area contributed by atoms with E-state index in [1.54, 1.807) is 6.92 Å². The zero-order valence-electron chi connectivity index (χ0n) is 8.41. The molecule has 0 aromatic carbocycles. The van der Waals surface area contributed by atoms with Crippen LogP contribution in [-0.2, 0) is 10.0 Å². The van der Waals surface area contributed by atoms with Gasteiger partial charge in [-0.25, -0.2) is 13.1 Å². The largest absolute Gasteiger partial charge is 0.396 e. The van der Waals surface area contributed by atoms with E-state index in [2.05, 4.69) is 4.72 Å². The lowest BCUT2D eigenvalue weighted by Gasteiger charge is -2.09. The number of nitrogens with one attached hydrogen (secondary N) is 1. The summed E-state index contributed by atoms with van der Waals surface area (Å²) in [7, 11) is -3.64. The van der Waals surface area contributed by atoms with Crippen LogP contribution in [-0.4, -0.2) is 26.7 Å². The second kappa shape index (κ2) is 5.66. The van der Waals surface area contributed by atoms with Crippen LogP contribution >= 0.6 is 34.5 Å². The summed E-state index contributed by atoms with van der Waals surface area (Å²) in [5.41, 5.74) is 0. The van der Waals surface area contributed by atoms with Crippen molar-refractivity contribution in [1.82, 2.24) is 4.72 Å². The first-order chi connectivity index (χ1) is 7.36. The zero-order valence-corrected chi connectivity index (χ0v) is 11.5. The van der Waals surface area contributed by atoms with Crippen molar-refractivity contribution in [2.24, 2.45) is 5.92 Å². The highest BCUT2D eigenvalue weighted by molar-refractivity contribution is 7.89. The van der Waals surface area contributed by atoms with Crippen molar-refractivity contribution < 1.29 is 13.5 Å². The minimum Gasteiger partial charge on any atom is -0.396 e. The van der Waals surface area contributed by atoms with Gasteiger partial charge in [-0.3, -0.25) is 0 Å². The number of hydrogen-bond acceptors (Lipinski definition) is 4. The van der Waals surface area contributed by atoms with Crippen molar-refractivity contribution >= 4 is 44.6 Å². The monoisotopic (exact) mass is 303 g/mol. The van der Waals surface area contributed by atoms with Gasteiger partial charge >= 0.3 is 0 Å². The summed E-state index contributed by atoms with van der Waals surface area (Å²) in [5.74, 6) is -0.150. The molecular formula is C8H11Cl2NO3S2. The van der Waals surface area contributed by atoms with Gasteiger partial charge in [0.2, 0.25) is 10.0 Å². The predicted octanol–water partition coefficient (Wildman–Crippen LogP) is 1.96. The van der Waals surface area contributed by atoms with E-state index >= 15 is 0 Å². The molecule has 0 aliphatic rings. The van der Waals surface area contributed by atoms with Crippen molar-refractivity contribution in [3.05, 3.63) is 14.7 Å². The molecule has 1 aromatic rings. The van der Waals surface area contributed by atoms with Crippen LogP contribution < -0.4 is 4.72 Å². The Morgan fingerprint density at radius 1 is 1.56 bits per heavy atom. The van der Waals surface area contributed by atoms with Gasteiger partial charge in [0.05, 0.1) is 4.34 Å². The van der Waals surface area contributed by atoms with Crippen LogP contribution in [0.15, 0.2) is 11.0 Å². The molecule has 0 spiro atoms. The van der Waals surface area contributed by atoms with E-state index in [4.69, 9.17) is 28.3 Å². The average molecular weight is 304 g/mol. The topological polar surface area (TPSA) is 66.4 Å². The van der Waals surface area contributed by atoms with E-state index in [1.807, 2.05) is 0 Å². The third-order valence-corrected chi connectivity index (χ3v) is 5.02. The van der Waals surface area contributed by atoms with Gasteiger partial charge in [-0.2, -0.15) is 0 Å². The second-order valence-corrected chi connectivity index (χ2v) is 7.35. The van der Waals surface area contributed by atoms with Crippen molar-refractivity contribution in [3.63, 3.8) is 0 Å². The molecule has 16 heavy (non-hydrogen) atoms. The Kier molecular flexibility index (Phi) is 5.03. The molecule has 4 nitrogen and oxygen atoms in total. The third-order valence-electron chi connectivity index (χ3n) is 1.85. The normalized spacial score (nSPS) is 14.0. The number of aliphatic hydroxyl groups is 1. The van der Waals surface area contributed by atoms with E-state index in [0.29, 0.717) is 4.34 Å². The first kappa shape index (κ1) is 14.2. The minimum atomic E-state index is -3.64. The lowest BCUT2D eigenvalue weighted by atomic mass is 10.2. The molecule has 0 aliphatic carbocycles. The standard InChI is InChI=1S/C8H11Cl2NO3S2/c1-5(4-12)3-11-16(13,14)6-2-7(9)15-8(6)10/h2,5,11-12H,3-4H2,1H3. The molecule has 2 N–H and O–H groups in total. The number of halogens is 2. The van der Waals surface area contributed by atoms with Gasteiger partial charge in [0.25, 0.3) is 0 Å². The zero-order chi connectivity index (χ0) is 12.3. The van der Waals surface area contributed by atoms with Crippen LogP contribution in [0.3, 0.4) is 0 Å². The van der Waals surface area contributed by atoms with Crippen LogP contribution in [0.4, 0.5) is 0 Å². The van der Waals surface area contributed by atoms with E-state index in [1.165, 1.54) is 6.07 Å². The minimum absolute atomic E-state index is 0.0192. The lowest BCUT2D eigenvalue weighted by molar-refractivity contribution is 0.238. The van der Waals surface area contributed by atoms with Crippen LogP contribution in [0, 0.1) is 5.92 Å². The molecule has 8 heteroatoms. The summed E-state index contributed by atoms with van der Waals surface area (Å²) in [6.07, 6.45) is 0. The predicted molar refractivity (Wildman–Crippen MR) is 65.8 cm³/mol. The van der Waals surface area contributed by atoms with Crippen molar-refractivity contribution in [1.29, 1.82) is 0 Å². The summed E-state index contributed by atoms with van der Waals surface area (Å²) >= 11 is 12.4. The Bertz CT molecular complexity index is 458. The maximum atomic E-state index is 11.8. The summed E-state index contributed by atoms with van der Waals surface area (Å²) in [4.78, 5) is -0.0192. The fraction of sp³-hybridized carbons (Fsp3) is 0.500. The number of aliphatic hydroxyl groups excluding tert-OH is 1.